The molecule has 2 N–H and O–H groups in total. The van der Waals surface area contributed by atoms with Crippen LogP contribution in [0.4, 0.5) is 0 Å². The van der Waals surface area contributed by atoms with Gasteiger partial charge in [0.15, 0.2) is 11.5 Å². The van der Waals surface area contributed by atoms with Crippen molar-refractivity contribution < 1.29 is 9.47 Å². The zero-order chi connectivity index (χ0) is 14.7. The summed E-state index contributed by atoms with van der Waals surface area (Å²) in [5.74, 6) is 1.51. The third-order valence-electron chi connectivity index (χ3n) is 3.54. The van der Waals surface area contributed by atoms with E-state index in [0.717, 1.165) is 23.4 Å². The fraction of sp³-hybridized carbons (Fsp3) is 0.500. The monoisotopic (exact) mass is 276 g/mol. The van der Waals surface area contributed by atoms with Crippen LogP contribution in [0.15, 0.2) is 18.3 Å². The van der Waals surface area contributed by atoms with Gasteiger partial charge in [-0.25, -0.2) is 0 Å². The molecule has 0 aliphatic carbocycles. The molecule has 2 rings (SSSR count). The van der Waals surface area contributed by atoms with Crippen molar-refractivity contribution in [2.24, 2.45) is 0 Å². The summed E-state index contributed by atoms with van der Waals surface area (Å²) in [6, 6.07) is 4.82. The van der Waals surface area contributed by atoms with E-state index in [1.807, 2.05) is 12.1 Å². The molecule has 0 aliphatic rings. The number of hydrogen-bond acceptors (Lipinski definition) is 3. The average Bonchev–Trinajstić information content (AvgIpc) is 2.85. The molecule has 1 heterocycles. The molecule has 1 aromatic carbocycles. The summed E-state index contributed by atoms with van der Waals surface area (Å²) in [6.07, 6.45) is 3.12. The van der Waals surface area contributed by atoms with Gasteiger partial charge in [-0.05, 0) is 18.1 Å². The Kier molecular flexibility index (Phi) is 4.55. The normalized spacial score (nSPS) is 12.9. The number of fused-ring (bicyclic) bond motifs is 1. The van der Waals surface area contributed by atoms with Crippen LogP contribution in [0.3, 0.4) is 0 Å². The molecule has 4 nitrogen and oxygen atoms in total. The first-order valence-electron chi connectivity index (χ1n) is 7.09. The van der Waals surface area contributed by atoms with Crippen molar-refractivity contribution in [1.82, 2.24) is 10.3 Å². The second-order valence-electron chi connectivity index (χ2n) is 5.28. The van der Waals surface area contributed by atoms with E-state index in [1.54, 1.807) is 14.2 Å². The Morgan fingerprint density at radius 3 is 2.35 bits per heavy atom. The highest BCUT2D eigenvalue weighted by Gasteiger charge is 2.17. The Morgan fingerprint density at radius 1 is 1.15 bits per heavy atom. The summed E-state index contributed by atoms with van der Waals surface area (Å²) >= 11 is 0. The van der Waals surface area contributed by atoms with Crippen molar-refractivity contribution >= 4 is 10.9 Å². The van der Waals surface area contributed by atoms with Crippen LogP contribution in [0.5, 0.6) is 11.5 Å². The highest BCUT2D eigenvalue weighted by atomic mass is 16.5. The second-order valence-corrected chi connectivity index (χ2v) is 5.28. The lowest BCUT2D eigenvalue weighted by molar-refractivity contribution is 0.356. The first kappa shape index (κ1) is 14.7. The van der Waals surface area contributed by atoms with Crippen molar-refractivity contribution in [3.8, 4) is 11.5 Å². The molecule has 0 fully saturated rings. The molecule has 1 aromatic heterocycles. The molecule has 110 valence electrons. The number of H-pyrrole nitrogens is 1. The quantitative estimate of drug-likeness (QED) is 0.847. The highest BCUT2D eigenvalue weighted by Crippen LogP contribution is 2.35. The van der Waals surface area contributed by atoms with Gasteiger partial charge in [0.2, 0.25) is 0 Å². The van der Waals surface area contributed by atoms with Crippen LogP contribution in [0.2, 0.25) is 0 Å². The Labute approximate surface area is 120 Å². The first-order valence-corrected chi connectivity index (χ1v) is 7.09. The van der Waals surface area contributed by atoms with Gasteiger partial charge in [-0.3, -0.25) is 0 Å². The molecular formula is C16H24N2O2. The molecule has 2 aromatic rings. The minimum absolute atomic E-state index is 0.335. The zero-order valence-corrected chi connectivity index (χ0v) is 12.9. The lowest BCUT2D eigenvalue weighted by Crippen LogP contribution is -2.27. The van der Waals surface area contributed by atoms with Gasteiger partial charge >= 0.3 is 0 Å². The summed E-state index contributed by atoms with van der Waals surface area (Å²) in [5, 5.41) is 4.78. The maximum absolute atomic E-state index is 5.40. The lowest BCUT2D eigenvalue weighted by atomic mass is 10.0. The second kappa shape index (κ2) is 6.18. The number of aromatic nitrogens is 1. The fourth-order valence-corrected chi connectivity index (χ4v) is 2.59. The maximum atomic E-state index is 5.40. The predicted octanol–water partition coefficient (Wildman–Crippen LogP) is 3.63. The standard InChI is InChI=1S/C16H24N2O2/c1-6-13(18-10(2)3)12-9-17-14-8-16(20-5)15(19-4)7-11(12)14/h7-10,13,17-18H,6H2,1-5H3. The summed E-state index contributed by atoms with van der Waals surface area (Å²) in [4.78, 5) is 3.33. The van der Waals surface area contributed by atoms with E-state index in [9.17, 15) is 0 Å². The molecule has 4 heteroatoms. The Bertz CT molecular complexity index is 575. The van der Waals surface area contributed by atoms with Gasteiger partial charge in [0.1, 0.15) is 0 Å². The lowest BCUT2D eigenvalue weighted by Gasteiger charge is -2.19. The summed E-state index contributed by atoms with van der Waals surface area (Å²) in [7, 11) is 3.32. The average molecular weight is 276 g/mol. The smallest absolute Gasteiger partial charge is 0.162 e. The van der Waals surface area contributed by atoms with Crippen LogP contribution in [0, 0.1) is 0 Å². The molecule has 0 spiro atoms. The van der Waals surface area contributed by atoms with Crippen molar-refractivity contribution in [2.45, 2.75) is 39.3 Å². The highest BCUT2D eigenvalue weighted by molar-refractivity contribution is 5.87. The van der Waals surface area contributed by atoms with Crippen LogP contribution in [-0.2, 0) is 0 Å². The Morgan fingerprint density at radius 2 is 1.80 bits per heavy atom. The minimum Gasteiger partial charge on any atom is -0.493 e. The van der Waals surface area contributed by atoms with Crippen molar-refractivity contribution in [3.63, 3.8) is 0 Å². The fourth-order valence-electron chi connectivity index (χ4n) is 2.59. The molecule has 0 saturated carbocycles. The van der Waals surface area contributed by atoms with E-state index in [-0.39, 0.29) is 0 Å². The Hall–Kier alpha value is -1.68. The SMILES string of the molecule is CCC(NC(C)C)c1c[nH]c2cc(OC)c(OC)cc12. The van der Waals surface area contributed by atoms with E-state index in [2.05, 4.69) is 37.3 Å². The third kappa shape index (κ3) is 2.75. The molecular weight excluding hydrogens is 252 g/mol. The minimum atomic E-state index is 0.335. The third-order valence-corrected chi connectivity index (χ3v) is 3.54. The number of benzene rings is 1. The van der Waals surface area contributed by atoms with Crippen LogP contribution >= 0.6 is 0 Å². The molecule has 20 heavy (non-hydrogen) atoms. The van der Waals surface area contributed by atoms with Crippen LogP contribution in [0.25, 0.3) is 10.9 Å². The zero-order valence-electron chi connectivity index (χ0n) is 12.9. The molecule has 0 bridgehead atoms. The molecule has 0 radical (unpaired) electrons. The van der Waals surface area contributed by atoms with Gasteiger partial charge in [0.05, 0.1) is 14.2 Å². The number of ether oxygens (including phenoxy) is 2. The van der Waals surface area contributed by atoms with Crippen molar-refractivity contribution in [2.75, 3.05) is 14.2 Å². The van der Waals surface area contributed by atoms with Crippen LogP contribution < -0.4 is 14.8 Å². The number of methoxy groups -OCH3 is 2. The first-order chi connectivity index (χ1) is 9.60. The number of nitrogens with one attached hydrogen (secondary N) is 2. The molecule has 1 atom stereocenters. The van der Waals surface area contributed by atoms with Gasteiger partial charge in [0, 0.05) is 35.2 Å². The van der Waals surface area contributed by atoms with E-state index >= 15 is 0 Å². The van der Waals surface area contributed by atoms with E-state index in [0.29, 0.717) is 12.1 Å². The predicted molar refractivity (Wildman–Crippen MR) is 82.7 cm³/mol. The molecule has 0 amide bonds. The van der Waals surface area contributed by atoms with Gasteiger partial charge in [0.25, 0.3) is 0 Å². The topological polar surface area (TPSA) is 46.3 Å². The number of rotatable bonds is 6. The van der Waals surface area contributed by atoms with Gasteiger partial charge in [-0.1, -0.05) is 20.8 Å². The molecule has 1 unspecified atom stereocenters. The van der Waals surface area contributed by atoms with Crippen molar-refractivity contribution in [1.29, 1.82) is 0 Å². The van der Waals surface area contributed by atoms with Crippen LogP contribution in [0.1, 0.15) is 38.8 Å². The van der Waals surface area contributed by atoms with E-state index in [4.69, 9.17) is 9.47 Å². The molecule has 0 saturated heterocycles. The number of hydrogen-bond donors (Lipinski definition) is 2. The molecule has 0 aliphatic heterocycles. The summed E-state index contributed by atoms with van der Waals surface area (Å²) in [5.41, 5.74) is 2.35. The van der Waals surface area contributed by atoms with Gasteiger partial charge < -0.3 is 19.8 Å². The van der Waals surface area contributed by atoms with Crippen molar-refractivity contribution in [3.05, 3.63) is 23.9 Å². The summed E-state index contributed by atoms with van der Waals surface area (Å²) in [6.45, 7) is 6.53. The van der Waals surface area contributed by atoms with E-state index < -0.39 is 0 Å². The Balaban J connectivity index is 2.49. The maximum Gasteiger partial charge on any atom is 0.162 e. The largest absolute Gasteiger partial charge is 0.493 e. The number of aromatic amines is 1. The van der Waals surface area contributed by atoms with Crippen LogP contribution in [-0.4, -0.2) is 25.2 Å². The van der Waals surface area contributed by atoms with E-state index in [1.165, 1.54) is 10.9 Å². The summed E-state index contributed by atoms with van der Waals surface area (Å²) < 4.78 is 10.7. The van der Waals surface area contributed by atoms with Gasteiger partial charge in [-0.15, -0.1) is 0 Å². The van der Waals surface area contributed by atoms with Gasteiger partial charge in [-0.2, -0.15) is 0 Å².